The highest BCUT2D eigenvalue weighted by Crippen LogP contribution is 2.52. The van der Waals surface area contributed by atoms with Crippen LogP contribution in [-0.2, 0) is 0 Å². The molecule has 0 aromatic carbocycles. The fourth-order valence-corrected chi connectivity index (χ4v) is 3.15. The average molecular weight is 162 g/mol. The molecule has 2 aliphatic heterocycles. The Morgan fingerprint density at radius 3 is 3.09 bits per heavy atom. The highest BCUT2D eigenvalue weighted by molar-refractivity contribution is 7.68. The van der Waals surface area contributed by atoms with E-state index in [1.165, 1.54) is 5.31 Å². The monoisotopic (exact) mass is 162 g/mol. The first-order chi connectivity index (χ1) is 5.36. The Kier molecular flexibility index (Phi) is 1.79. The predicted octanol–water partition coefficient (Wildman–Crippen LogP) is 3.60. The van der Waals surface area contributed by atoms with Gasteiger partial charge in [0.25, 0.3) is 0 Å². The van der Waals surface area contributed by atoms with E-state index in [0.717, 1.165) is 0 Å². The van der Waals surface area contributed by atoms with Gasteiger partial charge in [-0.25, -0.2) is 0 Å². The van der Waals surface area contributed by atoms with Crippen LogP contribution in [0.4, 0.5) is 0 Å². The second-order valence-electron chi connectivity index (χ2n) is 2.90. The molecule has 0 spiro atoms. The molecule has 0 radical (unpaired) electrons. The minimum atomic E-state index is -0.0597. The molecular formula is C10H11P. The average Bonchev–Trinajstić information content (AvgIpc) is 2.04. The van der Waals surface area contributed by atoms with Crippen molar-refractivity contribution < 1.29 is 0 Å². The van der Waals surface area contributed by atoms with Gasteiger partial charge in [0, 0.05) is 0 Å². The van der Waals surface area contributed by atoms with E-state index in [0.29, 0.717) is 5.92 Å². The number of fused-ring (bicyclic) bond motifs is 1. The van der Waals surface area contributed by atoms with Crippen molar-refractivity contribution in [1.82, 2.24) is 0 Å². The summed E-state index contributed by atoms with van der Waals surface area (Å²) in [5.41, 5.74) is 0. The largest absolute Gasteiger partial charge is 0.0768 e. The van der Waals surface area contributed by atoms with Gasteiger partial charge in [-0.15, -0.1) is 0 Å². The summed E-state index contributed by atoms with van der Waals surface area (Å²) in [6.45, 7) is 2.22. The fourth-order valence-electron chi connectivity index (χ4n) is 1.30. The van der Waals surface area contributed by atoms with Crippen molar-refractivity contribution in [3.05, 3.63) is 47.3 Å². The predicted molar refractivity (Wildman–Crippen MR) is 51.6 cm³/mol. The summed E-state index contributed by atoms with van der Waals surface area (Å²) in [5.74, 6) is 5.26. The lowest BCUT2D eigenvalue weighted by Gasteiger charge is -2.19. The number of hydrogen-bond acceptors (Lipinski definition) is 0. The normalized spacial score (nSPS) is 33.4. The van der Waals surface area contributed by atoms with Gasteiger partial charge in [-0.1, -0.05) is 48.9 Å². The standard InChI is InChI=1S/C10H11P/c1-9-5-7-11-6-3-2-4-10(11)8-9/h2-9H,1H3. The molecule has 2 unspecified atom stereocenters. The third-order valence-corrected chi connectivity index (χ3v) is 3.79. The Bertz CT molecular complexity index is 269. The van der Waals surface area contributed by atoms with Crippen molar-refractivity contribution in [2.75, 3.05) is 0 Å². The minimum absolute atomic E-state index is 0.0597. The van der Waals surface area contributed by atoms with Crippen LogP contribution in [0.2, 0.25) is 0 Å². The summed E-state index contributed by atoms with van der Waals surface area (Å²) in [5, 5.41) is 1.51. The van der Waals surface area contributed by atoms with E-state index in [1.807, 2.05) is 0 Å². The van der Waals surface area contributed by atoms with E-state index < -0.39 is 0 Å². The highest BCUT2D eigenvalue weighted by atomic mass is 31.1. The van der Waals surface area contributed by atoms with E-state index in [2.05, 4.69) is 48.9 Å². The molecule has 0 aromatic rings. The summed E-state index contributed by atoms with van der Waals surface area (Å²) >= 11 is 0. The van der Waals surface area contributed by atoms with Gasteiger partial charge in [-0.05, 0) is 19.2 Å². The molecule has 0 saturated carbocycles. The maximum absolute atomic E-state index is 2.35. The molecule has 2 rings (SSSR count). The topological polar surface area (TPSA) is 0 Å². The van der Waals surface area contributed by atoms with Crippen LogP contribution >= 0.6 is 7.92 Å². The third-order valence-electron chi connectivity index (χ3n) is 1.91. The number of hydrogen-bond donors (Lipinski definition) is 0. The first-order valence-corrected chi connectivity index (χ1v) is 5.37. The van der Waals surface area contributed by atoms with Gasteiger partial charge in [0.15, 0.2) is 0 Å². The molecule has 0 amide bonds. The zero-order valence-electron chi connectivity index (χ0n) is 6.57. The summed E-state index contributed by atoms with van der Waals surface area (Å²) < 4.78 is 0. The Labute approximate surface area is 68.8 Å². The van der Waals surface area contributed by atoms with Crippen molar-refractivity contribution >= 4 is 7.92 Å². The van der Waals surface area contributed by atoms with Crippen molar-refractivity contribution in [3.63, 3.8) is 0 Å². The van der Waals surface area contributed by atoms with Crippen LogP contribution < -0.4 is 0 Å². The Morgan fingerprint density at radius 1 is 1.27 bits per heavy atom. The molecule has 0 aliphatic carbocycles. The van der Waals surface area contributed by atoms with Crippen LogP contribution in [0.1, 0.15) is 6.92 Å². The Balaban J connectivity index is 2.31. The molecule has 0 aromatic heterocycles. The van der Waals surface area contributed by atoms with E-state index >= 15 is 0 Å². The molecule has 0 bridgehead atoms. The van der Waals surface area contributed by atoms with Gasteiger partial charge in [0.05, 0.1) is 0 Å². The van der Waals surface area contributed by atoms with Crippen LogP contribution in [0.15, 0.2) is 47.3 Å². The maximum atomic E-state index is 2.35. The molecule has 0 saturated heterocycles. The summed E-state index contributed by atoms with van der Waals surface area (Å²) in [4.78, 5) is 0. The molecular weight excluding hydrogens is 151 g/mol. The van der Waals surface area contributed by atoms with Gasteiger partial charge in [0.2, 0.25) is 0 Å². The van der Waals surface area contributed by atoms with Gasteiger partial charge >= 0.3 is 0 Å². The second kappa shape index (κ2) is 2.79. The van der Waals surface area contributed by atoms with E-state index in [4.69, 9.17) is 0 Å². The SMILES string of the molecule is CC1C=CP2C=CC=CC2=C1. The highest BCUT2D eigenvalue weighted by Gasteiger charge is 2.11. The van der Waals surface area contributed by atoms with Gasteiger partial charge in [0.1, 0.15) is 0 Å². The second-order valence-corrected chi connectivity index (χ2v) is 4.83. The Hall–Kier alpha value is -0.610. The smallest absolute Gasteiger partial charge is 0.00686 e. The van der Waals surface area contributed by atoms with E-state index in [-0.39, 0.29) is 7.92 Å². The van der Waals surface area contributed by atoms with Crippen LogP contribution in [0, 0.1) is 5.92 Å². The molecule has 2 aliphatic rings. The first-order valence-electron chi connectivity index (χ1n) is 3.89. The van der Waals surface area contributed by atoms with Crippen molar-refractivity contribution in [2.45, 2.75) is 6.92 Å². The van der Waals surface area contributed by atoms with Gasteiger partial charge in [-0.3, -0.25) is 0 Å². The molecule has 11 heavy (non-hydrogen) atoms. The first kappa shape index (κ1) is 7.06. The minimum Gasteiger partial charge on any atom is -0.0768 e. The lowest BCUT2D eigenvalue weighted by Crippen LogP contribution is -1.91. The van der Waals surface area contributed by atoms with Crippen LogP contribution in [-0.4, -0.2) is 0 Å². The van der Waals surface area contributed by atoms with Crippen LogP contribution in [0.3, 0.4) is 0 Å². The lowest BCUT2D eigenvalue weighted by molar-refractivity contribution is 0.936. The molecule has 56 valence electrons. The fraction of sp³-hybridized carbons (Fsp3) is 0.200. The van der Waals surface area contributed by atoms with Crippen molar-refractivity contribution in [3.8, 4) is 0 Å². The molecule has 2 heterocycles. The molecule has 0 N–H and O–H groups in total. The molecule has 0 fully saturated rings. The zero-order chi connectivity index (χ0) is 7.68. The third kappa shape index (κ3) is 1.36. The van der Waals surface area contributed by atoms with Crippen molar-refractivity contribution in [2.24, 2.45) is 5.92 Å². The number of allylic oxidation sites excluding steroid dienone is 6. The Morgan fingerprint density at radius 2 is 2.18 bits per heavy atom. The quantitative estimate of drug-likeness (QED) is 0.477. The maximum Gasteiger partial charge on any atom is -0.00686 e. The summed E-state index contributed by atoms with van der Waals surface area (Å²) in [6.07, 6.45) is 11.1. The zero-order valence-corrected chi connectivity index (χ0v) is 7.46. The van der Waals surface area contributed by atoms with E-state index in [9.17, 15) is 0 Å². The number of rotatable bonds is 0. The van der Waals surface area contributed by atoms with E-state index in [1.54, 1.807) is 0 Å². The molecule has 1 heteroatoms. The van der Waals surface area contributed by atoms with Crippen molar-refractivity contribution in [1.29, 1.82) is 0 Å². The van der Waals surface area contributed by atoms with Crippen LogP contribution in [0.5, 0.6) is 0 Å². The van der Waals surface area contributed by atoms with Gasteiger partial charge in [-0.2, -0.15) is 0 Å². The summed E-state index contributed by atoms with van der Waals surface area (Å²) in [6, 6.07) is 0. The van der Waals surface area contributed by atoms with Gasteiger partial charge < -0.3 is 0 Å². The summed E-state index contributed by atoms with van der Waals surface area (Å²) in [7, 11) is -0.0597. The van der Waals surface area contributed by atoms with Crippen LogP contribution in [0.25, 0.3) is 0 Å². The lowest BCUT2D eigenvalue weighted by atomic mass is 10.1. The molecule has 0 nitrogen and oxygen atoms in total. The molecule has 2 atom stereocenters.